The molecule has 1 unspecified atom stereocenters. The highest BCUT2D eigenvalue weighted by atomic mass is 16.5. The minimum atomic E-state index is -0.213. The number of rotatable bonds is 9. The fourth-order valence-corrected chi connectivity index (χ4v) is 3.00. The second-order valence-electron chi connectivity index (χ2n) is 6.57. The summed E-state index contributed by atoms with van der Waals surface area (Å²) >= 11 is 0. The molecular formula is C18H29NO3. The molecular weight excluding hydrogens is 278 g/mol. The van der Waals surface area contributed by atoms with Gasteiger partial charge in [0.1, 0.15) is 0 Å². The molecule has 0 radical (unpaired) electrons. The molecule has 1 atom stereocenters. The maximum absolute atomic E-state index is 10.3. The zero-order valence-corrected chi connectivity index (χ0v) is 14.2. The summed E-state index contributed by atoms with van der Waals surface area (Å²) in [5, 5.41) is 13.8. The molecule has 4 heteroatoms. The molecule has 0 aromatic heterocycles. The quantitative estimate of drug-likeness (QED) is 0.736. The van der Waals surface area contributed by atoms with Crippen LogP contribution in [0.3, 0.4) is 0 Å². The van der Waals surface area contributed by atoms with Gasteiger partial charge >= 0.3 is 0 Å². The Morgan fingerprint density at radius 1 is 1.27 bits per heavy atom. The van der Waals surface area contributed by atoms with E-state index in [2.05, 4.69) is 19.2 Å². The predicted molar refractivity (Wildman–Crippen MR) is 88.4 cm³/mol. The van der Waals surface area contributed by atoms with E-state index in [4.69, 9.17) is 9.47 Å². The lowest BCUT2D eigenvalue weighted by Crippen LogP contribution is -2.36. The van der Waals surface area contributed by atoms with Crippen molar-refractivity contribution >= 4 is 0 Å². The van der Waals surface area contributed by atoms with Gasteiger partial charge in [-0.1, -0.05) is 19.9 Å². The van der Waals surface area contributed by atoms with Crippen LogP contribution in [0.2, 0.25) is 0 Å². The lowest BCUT2D eigenvalue weighted by atomic mass is 9.90. The Labute approximate surface area is 133 Å². The van der Waals surface area contributed by atoms with E-state index in [9.17, 15) is 5.11 Å². The summed E-state index contributed by atoms with van der Waals surface area (Å²) in [6.07, 6.45) is 2.02. The summed E-state index contributed by atoms with van der Waals surface area (Å²) in [5.74, 6) is 1.86. The van der Waals surface area contributed by atoms with Gasteiger partial charge in [-0.15, -0.1) is 0 Å². The van der Waals surface area contributed by atoms with Crippen molar-refractivity contribution < 1.29 is 14.6 Å². The molecule has 0 heterocycles. The lowest BCUT2D eigenvalue weighted by Gasteiger charge is -2.25. The van der Waals surface area contributed by atoms with Crippen LogP contribution in [0.15, 0.2) is 18.2 Å². The molecule has 0 spiro atoms. The van der Waals surface area contributed by atoms with Gasteiger partial charge in [-0.05, 0) is 43.4 Å². The minimum absolute atomic E-state index is 0.0867. The monoisotopic (exact) mass is 307 g/mol. The number of aliphatic hydroxyl groups excluding tert-OH is 1. The Hall–Kier alpha value is -1.26. The molecule has 0 amide bonds. The summed E-state index contributed by atoms with van der Waals surface area (Å²) in [6, 6.07) is 6.01. The van der Waals surface area contributed by atoms with Crippen LogP contribution in [0.5, 0.6) is 11.5 Å². The Morgan fingerprint density at radius 2 is 2.00 bits per heavy atom. The molecule has 124 valence electrons. The molecule has 1 aromatic carbocycles. The van der Waals surface area contributed by atoms with Crippen molar-refractivity contribution in [2.24, 2.45) is 11.3 Å². The third-order valence-electron chi connectivity index (χ3n) is 4.49. The highest BCUT2D eigenvalue weighted by Gasteiger charge is 2.49. The third kappa shape index (κ3) is 3.93. The Morgan fingerprint density at radius 3 is 2.55 bits per heavy atom. The zero-order valence-electron chi connectivity index (χ0n) is 14.2. The number of ether oxygens (including phenoxy) is 2. The zero-order chi connectivity index (χ0) is 16.2. The van der Waals surface area contributed by atoms with Crippen LogP contribution < -0.4 is 14.8 Å². The van der Waals surface area contributed by atoms with Crippen LogP contribution in [0.4, 0.5) is 0 Å². The number of aliphatic hydroxyl groups is 1. The van der Waals surface area contributed by atoms with E-state index in [1.165, 1.54) is 5.56 Å². The Kier molecular flexibility index (Phi) is 5.70. The molecule has 1 saturated carbocycles. The van der Waals surface area contributed by atoms with E-state index in [0.717, 1.165) is 37.4 Å². The van der Waals surface area contributed by atoms with E-state index in [1.807, 2.05) is 25.1 Å². The highest BCUT2D eigenvalue weighted by Crippen LogP contribution is 2.50. The molecule has 0 aliphatic heterocycles. The van der Waals surface area contributed by atoms with E-state index in [1.54, 1.807) is 7.11 Å². The molecule has 0 saturated heterocycles. The summed E-state index contributed by atoms with van der Waals surface area (Å²) in [5.41, 5.74) is 1.25. The van der Waals surface area contributed by atoms with Crippen LogP contribution in [0.25, 0.3) is 0 Å². The normalized spacial score (nSPS) is 17.4. The van der Waals surface area contributed by atoms with Crippen LogP contribution in [0, 0.1) is 11.3 Å². The standard InChI is InChI=1S/C18H29NO3/c1-5-22-16-10-14(6-7-15(16)21-4)11-19-12-18(8-9-18)17(20)13(2)3/h6-7,10,13,17,19-20H,5,8-9,11-12H2,1-4H3. The maximum atomic E-state index is 10.3. The molecule has 1 fully saturated rings. The van der Waals surface area contributed by atoms with Gasteiger partial charge in [-0.3, -0.25) is 0 Å². The van der Waals surface area contributed by atoms with Gasteiger partial charge in [0, 0.05) is 18.5 Å². The van der Waals surface area contributed by atoms with Crippen molar-refractivity contribution in [1.29, 1.82) is 0 Å². The van der Waals surface area contributed by atoms with Crippen molar-refractivity contribution in [3.63, 3.8) is 0 Å². The summed E-state index contributed by atoms with van der Waals surface area (Å²) < 4.78 is 10.9. The van der Waals surface area contributed by atoms with Gasteiger partial charge in [0.15, 0.2) is 11.5 Å². The average molecular weight is 307 g/mol. The van der Waals surface area contributed by atoms with Crippen molar-refractivity contribution in [3.8, 4) is 11.5 Å². The molecule has 1 aliphatic carbocycles. The maximum Gasteiger partial charge on any atom is 0.161 e. The van der Waals surface area contributed by atoms with Crippen LogP contribution >= 0.6 is 0 Å². The lowest BCUT2D eigenvalue weighted by molar-refractivity contribution is 0.0501. The molecule has 1 aliphatic rings. The molecule has 2 rings (SSSR count). The van der Waals surface area contributed by atoms with Crippen molar-refractivity contribution in [1.82, 2.24) is 5.32 Å². The van der Waals surface area contributed by atoms with E-state index >= 15 is 0 Å². The molecule has 1 aromatic rings. The minimum Gasteiger partial charge on any atom is -0.493 e. The summed E-state index contributed by atoms with van der Waals surface area (Å²) in [4.78, 5) is 0. The number of methoxy groups -OCH3 is 1. The first-order valence-corrected chi connectivity index (χ1v) is 8.21. The molecule has 22 heavy (non-hydrogen) atoms. The average Bonchev–Trinajstić information content (AvgIpc) is 3.28. The molecule has 0 bridgehead atoms. The highest BCUT2D eigenvalue weighted by molar-refractivity contribution is 5.42. The van der Waals surface area contributed by atoms with E-state index in [0.29, 0.717) is 12.5 Å². The SMILES string of the molecule is CCOc1cc(CNCC2(C(O)C(C)C)CC2)ccc1OC. The van der Waals surface area contributed by atoms with Gasteiger partial charge in [-0.2, -0.15) is 0 Å². The summed E-state index contributed by atoms with van der Waals surface area (Å²) in [7, 11) is 1.65. The smallest absolute Gasteiger partial charge is 0.161 e. The van der Waals surface area contributed by atoms with Gasteiger partial charge in [0.05, 0.1) is 19.8 Å². The Balaban J connectivity index is 1.91. The first kappa shape index (κ1) is 17.1. The first-order valence-electron chi connectivity index (χ1n) is 8.21. The Bertz CT molecular complexity index is 483. The van der Waals surface area contributed by atoms with Crippen LogP contribution in [-0.2, 0) is 6.54 Å². The topological polar surface area (TPSA) is 50.7 Å². The van der Waals surface area contributed by atoms with Gasteiger partial charge < -0.3 is 19.9 Å². The second-order valence-corrected chi connectivity index (χ2v) is 6.57. The summed E-state index contributed by atoms with van der Waals surface area (Å²) in [6.45, 7) is 8.40. The molecule has 2 N–H and O–H groups in total. The van der Waals surface area contributed by atoms with Crippen molar-refractivity contribution in [2.75, 3.05) is 20.3 Å². The van der Waals surface area contributed by atoms with Crippen LogP contribution in [0.1, 0.15) is 39.2 Å². The van der Waals surface area contributed by atoms with Gasteiger partial charge in [-0.25, -0.2) is 0 Å². The number of nitrogens with one attached hydrogen (secondary N) is 1. The van der Waals surface area contributed by atoms with E-state index < -0.39 is 0 Å². The third-order valence-corrected chi connectivity index (χ3v) is 4.49. The second kappa shape index (κ2) is 7.34. The fraction of sp³-hybridized carbons (Fsp3) is 0.667. The van der Waals surface area contributed by atoms with Gasteiger partial charge in [0.25, 0.3) is 0 Å². The first-order chi connectivity index (χ1) is 10.5. The van der Waals surface area contributed by atoms with Crippen molar-refractivity contribution in [3.05, 3.63) is 23.8 Å². The number of hydrogen-bond acceptors (Lipinski definition) is 4. The number of benzene rings is 1. The predicted octanol–water partition coefficient (Wildman–Crippen LogP) is 2.98. The largest absolute Gasteiger partial charge is 0.493 e. The van der Waals surface area contributed by atoms with E-state index in [-0.39, 0.29) is 11.5 Å². The number of hydrogen-bond donors (Lipinski definition) is 2. The molecule has 4 nitrogen and oxygen atoms in total. The van der Waals surface area contributed by atoms with Crippen molar-refractivity contribution in [2.45, 2.75) is 46.3 Å². The van der Waals surface area contributed by atoms with Gasteiger partial charge in [0.2, 0.25) is 0 Å². The van der Waals surface area contributed by atoms with Crippen LogP contribution in [-0.4, -0.2) is 31.5 Å². The fourth-order valence-electron chi connectivity index (χ4n) is 3.00.